The Morgan fingerprint density at radius 3 is 0.747 bits per heavy atom. The molecule has 12 heterocycles. The van der Waals surface area contributed by atoms with E-state index >= 15 is 0 Å². The molecule has 0 radical (unpaired) electrons. The molecule has 52 nitrogen and oxygen atoms in total. The predicted molar refractivity (Wildman–Crippen MR) is 529 cm³/mol. The van der Waals surface area contributed by atoms with Gasteiger partial charge in [-0.2, -0.15) is 0 Å². The lowest BCUT2D eigenvalue weighted by Crippen LogP contribution is -2.36. The van der Waals surface area contributed by atoms with Gasteiger partial charge in [-0.25, -0.2) is 71.0 Å². The zero-order valence-electron chi connectivity index (χ0n) is 83.8. The molecule has 0 saturated carbocycles. The van der Waals surface area contributed by atoms with Crippen LogP contribution in [-0.4, -0.2) is 266 Å². The summed E-state index contributed by atoms with van der Waals surface area (Å²) in [6.45, 7) is 65.2. The van der Waals surface area contributed by atoms with Crippen LogP contribution in [0.5, 0.6) is 0 Å². The first-order chi connectivity index (χ1) is 69.6. The number of ether oxygens (including phenoxy) is 6. The normalized spacial score (nSPS) is 25.0. The van der Waals surface area contributed by atoms with E-state index in [1.54, 1.807) is 34.6 Å². The lowest BCUT2D eigenvalue weighted by atomic mass is 10.1. The fourth-order valence-electron chi connectivity index (χ4n) is 16.3. The highest BCUT2D eigenvalue weighted by Crippen LogP contribution is 2.55. The second-order valence-electron chi connectivity index (χ2n) is 35.6. The van der Waals surface area contributed by atoms with E-state index < -0.39 is 221 Å². The van der Waals surface area contributed by atoms with E-state index in [1.165, 1.54) is 71.5 Å². The van der Waals surface area contributed by atoms with Gasteiger partial charge >= 0.3 is 59.9 Å². The number of aromatic nitrogens is 12. The molecular weight excluding hydrogens is 2020 g/mol. The van der Waals surface area contributed by atoms with Crippen molar-refractivity contribution in [3.05, 3.63) is 253 Å². The Bertz CT molecular complexity index is 6300. The second-order valence-corrected chi connectivity index (χ2v) is 41.9. The summed E-state index contributed by atoms with van der Waals surface area (Å²) in [7, 11) is -10.3. The summed E-state index contributed by atoms with van der Waals surface area (Å²) in [5.74, 6) is 0. The molecule has 6 saturated heterocycles. The van der Waals surface area contributed by atoms with Gasteiger partial charge < -0.3 is 122 Å². The van der Waals surface area contributed by atoms with Gasteiger partial charge in [-0.05, 0) is 110 Å². The first-order valence-corrected chi connectivity index (χ1v) is 52.9. The number of nitrogens with zero attached hydrogens (tertiary/aromatic N) is 13. The van der Waals surface area contributed by atoms with Crippen molar-refractivity contribution in [1.29, 1.82) is 0 Å². The summed E-state index contributed by atoms with van der Waals surface area (Å²) in [6.07, 6.45) is -3.40. The van der Waals surface area contributed by atoms with Crippen molar-refractivity contribution in [1.82, 2.24) is 66.6 Å². The van der Waals surface area contributed by atoms with Crippen LogP contribution in [0.4, 0.5) is 0 Å². The molecule has 5 unspecified atom stereocenters. The van der Waals surface area contributed by atoms with Crippen LogP contribution in [0.2, 0.25) is 0 Å². The molecule has 12 rings (SSSR count). The maximum Gasteiger partial charge on any atom is 0.333 e. The Balaban J connectivity index is 0.000000268. The van der Waals surface area contributed by atoms with E-state index in [2.05, 4.69) is 58.8 Å². The number of hydrogen-bond acceptors (Lipinski definition) is 35. The van der Waals surface area contributed by atoms with Crippen LogP contribution >= 0.6 is 42.9 Å². The smallest absolute Gasteiger partial charge is 0.333 e. The number of aliphatic hydroxyl groups excluding tert-OH is 2. The van der Waals surface area contributed by atoms with Gasteiger partial charge in [0.25, 0.3) is 50.4 Å². The van der Waals surface area contributed by atoms with E-state index in [9.17, 15) is 62.6 Å². The highest BCUT2D eigenvalue weighted by atomic mass is 31.2. The summed E-state index contributed by atoms with van der Waals surface area (Å²) >= 11 is 0. The molecule has 146 heavy (non-hydrogen) atoms. The summed E-state index contributed by atoms with van der Waals surface area (Å²) < 4.78 is 131. The molecule has 23 atom stereocenters. The molecule has 0 spiro atoms. The quantitative estimate of drug-likeness (QED) is 0.0108. The molecule has 6 aromatic rings. The monoisotopic (exact) mass is 2150 g/mol. The SMILES string of the molecule is Cc1cn([C@H]2C[C@H](O)[C@@H](CO)O2)c(=O)[nH]c1=O.[C-]#[N+]CCOP(OC[C@H]1O[C@@H](n2cc(C)c(=O)[nH]c2=O)C[C@@H]1OP(OCC[N+]#[C-])N(C(C)C)C(C)C)O[C@H]1C[C@H](n2cc(C)c(=O)[nH]c2=O)O[C@@H]1CC.[C-]#[N+]CCOP(OC[C@H]1O[C@@H](n2cc(C)c(=O)[nH]c2=O)C[C@@H]1OP(OCC[N+]#[C-])OC[C@H]1O[C@@H](n2cc(C)c(=O)[nH]c2=O)C[C@@H]1OP(OCC[N+]#[C-])N(C(C)C)C(C)C)O[C@H]1C[C@H](n2cc(C)c(=O)[nH]c2=O)O[C@@H]1CC. The lowest BCUT2D eigenvalue weighted by molar-refractivity contribution is -0.0541. The minimum atomic E-state index is -2.39. The summed E-state index contributed by atoms with van der Waals surface area (Å²) in [5.41, 5.74) is -5.12. The van der Waals surface area contributed by atoms with Crippen molar-refractivity contribution in [3.63, 3.8) is 0 Å². The molecule has 6 aliphatic heterocycles. The topological polar surface area (TPSA) is 573 Å². The van der Waals surface area contributed by atoms with E-state index in [1.807, 2.05) is 73.9 Å². The van der Waals surface area contributed by atoms with Crippen LogP contribution in [-0.2, 0) is 87.2 Å². The van der Waals surface area contributed by atoms with Gasteiger partial charge in [-0.15, -0.1) is 0 Å². The van der Waals surface area contributed by atoms with Crippen LogP contribution in [0, 0.1) is 74.4 Å². The number of rotatable bonds is 49. The average Bonchev–Trinajstić information content (AvgIpc) is 1.66. The van der Waals surface area contributed by atoms with Crippen molar-refractivity contribution < 1.29 is 97.4 Å². The third-order valence-corrected chi connectivity index (χ3v) is 31.4. The van der Waals surface area contributed by atoms with Gasteiger partial charge in [0.1, 0.15) is 94.8 Å². The van der Waals surface area contributed by atoms with Crippen LogP contribution in [0.1, 0.15) is 191 Å². The standard InChI is InChI=1S/C46H65N10O17P3.C33H49N7O11P2.C10H14N2O5/c1-12-32-33(19-38(68-32)53-22-29(6)41(57)50-44(53)60)72-75(64-17-14-48-10)67-26-37-35(21-40(70-37)55-24-31(8)43(59)52-46(55)62)73-76(65-18-15-49-11)66-25-36-34(20-39(69-36)54-23-30(7)42(58)51-45(54)61)71-74(63-16-13-47-9)56(27(2)3)28(4)5;1-10-24-25(15-28(48-24)38-17-22(6)30(41)36-32(38)43)51-53(46-14-12-35-9)47-19-27-26(16-29(49-27)39-18-23(7)31(42)37-33(39)44)50-52(45-13-11-34-8)40(20(2)3)21(4)5;1-5-3-12(10(16)11-9(5)15)8-2-6(14)7(4-13)17-8/h22-24,27-28,32-40H,12-21,25-26H2,1-8H3,(H,50,57,60)(H,51,58,61)(H,52,59,62);17-18,20-21,24-29H,10-16,19H2,1-7H3,(H,36,41,43)(H,37,42,44);3,6-8,13-14H,2,4H2,1H3,(H,11,15,16)/t32-,33+,34+,35+,36-,37-,38-,39-,40-,74?,75?,76?;24-,25+,26+,27-,28-,29-,52?,53?;6-,7+,8+/m110/s1. The third-order valence-electron chi connectivity index (χ3n) is 23.5. The highest BCUT2D eigenvalue weighted by Gasteiger charge is 2.49. The van der Waals surface area contributed by atoms with Gasteiger partial charge in [0, 0.05) is 133 Å². The minimum Gasteiger partial charge on any atom is -0.394 e. The Kier molecular flexibility index (Phi) is 46.4. The van der Waals surface area contributed by atoms with Gasteiger partial charge in [0.15, 0.2) is 0 Å². The van der Waals surface area contributed by atoms with Gasteiger partial charge in [-0.1, -0.05) is 13.8 Å². The summed E-state index contributed by atoms with van der Waals surface area (Å²) in [4.78, 5) is 179. The van der Waals surface area contributed by atoms with Crippen LogP contribution in [0.3, 0.4) is 0 Å². The molecule has 6 aromatic heterocycles. The van der Waals surface area contributed by atoms with Crippen LogP contribution in [0.15, 0.2) is 94.7 Å². The van der Waals surface area contributed by atoms with Crippen molar-refractivity contribution in [2.24, 2.45) is 0 Å². The first-order valence-electron chi connectivity index (χ1n) is 47.4. The number of aromatic amines is 6. The largest absolute Gasteiger partial charge is 0.394 e. The number of nitrogens with one attached hydrogen (secondary N) is 6. The summed E-state index contributed by atoms with van der Waals surface area (Å²) in [6, 6.07) is -0.0315. The van der Waals surface area contributed by atoms with E-state index in [0.717, 1.165) is 0 Å². The fraction of sp³-hybridized carbons (Fsp3) is 0.674. The second kappa shape index (κ2) is 57.1. The molecule has 0 aromatic carbocycles. The molecule has 8 N–H and O–H groups in total. The maximum atomic E-state index is 13.3. The molecule has 6 aliphatic rings. The molecule has 802 valence electrons. The molecule has 6 fully saturated rings. The van der Waals surface area contributed by atoms with Crippen LogP contribution < -0.4 is 67.5 Å². The van der Waals surface area contributed by atoms with Gasteiger partial charge in [-0.3, -0.25) is 86.1 Å². The zero-order valence-corrected chi connectivity index (χ0v) is 88.3. The minimum absolute atomic E-state index is 0.0107. The Labute approximate surface area is 844 Å². The molecule has 0 amide bonds. The van der Waals surface area contributed by atoms with Crippen molar-refractivity contribution in [2.45, 2.75) is 297 Å². The predicted octanol–water partition coefficient (Wildman–Crippen LogP) is 7.04. The number of hydrogen-bond donors (Lipinski definition) is 8. The number of aryl methyl sites for hydroxylation is 6. The third kappa shape index (κ3) is 32.4. The number of H-pyrrole nitrogens is 6. The highest BCUT2D eigenvalue weighted by molar-refractivity contribution is 7.45. The first kappa shape index (κ1) is 119. The molecule has 0 aliphatic carbocycles. The lowest BCUT2D eigenvalue weighted by Gasteiger charge is -2.37. The van der Waals surface area contributed by atoms with E-state index in [0.29, 0.717) is 35.1 Å². The Hall–Kier alpha value is -9.24. The fourth-order valence-corrected chi connectivity index (χ4v) is 23.2. The Morgan fingerprint density at radius 1 is 0.329 bits per heavy atom. The van der Waals surface area contributed by atoms with Crippen molar-refractivity contribution >= 4 is 42.9 Å². The van der Waals surface area contributed by atoms with Crippen molar-refractivity contribution in [3.8, 4) is 0 Å². The average molecular weight is 2150 g/mol. The molecule has 57 heteroatoms. The Morgan fingerprint density at radius 2 is 0.534 bits per heavy atom. The molecule has 0 bridgehead atoms. The maximum absolute atomic E-state index is 13.3. The van der Waals surface area contributed by atoms with Gasteiger partial charge in [0.05, 0.1) is 75.3 Å². The summed E-state index contributed by atoms with van der Waals surface area (Å²) in [5, 5.41) is 18.5. The van der Waals surface area contributed by atoms with E-state index in [4.69, 9.17) is 125 Å². The van der Waals surface area contributed by atoms with Gasteiger partial charge in [0.2, 0.25) is 32.7 Å². The van der Waals surface area contributed by atoms with Crippen LogP contribution in [0.25, 0.3) is 24.2 Å². The van der Waals surface area contributed by atoms with E-state index in [-0.39, 0.29) is 166 Å². The molecular formula is C89H128N19O33P5. The number of aliphatic hydroxyl groups is 2. The zero-order chi connectivity index (χ0) is 107. The van der Waals surface area contributed by atoms with Crippen molar-refractivity contribution in [2.75, 3.05) is 92.2 Å².